The Bertz CT molecular complexity index is 1820. The van der Waals surface area contributed by atoms with Crippen LogP contribution in [0.3, 0.4) is 0 Å². The molecule has 0 aromatic heterocycles. The molecular formula is C36H34FN5O6. The number of rotatable bonds is 11. The molecule has 0 saturated heterocycles. The number of nitrogens with one attached hydrogen (secondary N) is 2. The molecule has 0 bridgehead atoms. The second-order valence-electron chi connectivity index (χ2n) is 11.2. The highest BCUT2D eigenvalue weighted by Gasteiger charge is 2.31. The number of carbonyl (C=O) groups excluding carboxylic acids is 3. The number of nitrogens with zero attached hydrogens (tertiary/aromatic N) is 3. The van der Waals surface area contributed by atoms with Gasteiger partial charge in [0.2, 0.25) is 5.91 Å². The zero-order chi connectivity index (χ0) is 34.0. The summed E-state index contributed by atoms with van der Waals surface area (Å²) in [5.41, 5.74) is 5.84. The first-order chi connectivity index (χ1) is 23.2. The highest BCUT2D eigenvalue weighted by Crippen LogP contribution is 2.27. The Hall–Kier alpha value is -6.04. The van der Waals surface area contributed by atoms with Crippen LogP contribution in [0.4, 0.5) is 20.6 Å². The van der Waals surface area contributed by atoms with Gasteiger partial charge in [-0.15, -0.1) is 0 Å². The molecule has 0 aliphatic carbocycles. The van der Waals surface area contributed by atoms with Crippen molar-refractivity contribution in [3.63, 3.8) is 0 Å². The molecule has 1 aliphatic rings. The number of anilines is 2. The van der Waals surface area contributed by atoms with E-state index < -0.39 is 36.2 Å². The minimum absolute atomic E-state index is 0.0557. The predicted octanol–water partition coefficient (Wildman–Crippen LogP) is 5.20. The lowest BCUT2D eigenvalue weighted by atomic mass is 10.1. The van der Waals surface area contributed by atoms with Crippen LogP contribution in [0.1, 0.15) is 39.0 Å². The third-order valence-electron chi connectivity index (χ3n) is 7.80. The van der Waals surface area contributed by atoms with Gasteiger partial charge in [0, 0.05) is 42.6 Å². The maximum Gasteiger partial charge on any atom is 0.428 e. The average molecular weight is 652 g/mol. The van der Waals surface area contributed by atoms with Gasteiger partial charge in [-0.25, -0.2) is 14.6 Å². The summed E-state index contributed by atoms with van der Waals surface area (Å²) in [4.78, 5) is 53.3. The molecule has 5 rings (SSSR count). The predicted molar refractivity (Wildman–Crippen MR) is 178 cm³/mol. The second-order valence-corrected chi connectivity index (χ2v) is 11.2. The van der Waals surface area contributed by atoms with Crippen LogP contribution in [0.2, 0.25) is 0 Å². The van der Waals surface area contributed by atoms with Crippen molar-refractivity contribution >= 4 is 41.5 Å². The fourth-order valence-corrected chi connectivity index (χ4v) is 5.20. The summed E-state index contributed by atoms with van der Waals surface area (Å²) in [5, 5.41) is 16.3. The van der Waals surface area contributed by atoms with Gasteiger partial charge < -0.3 is 25.0 Å². The molecule has 0 saturated carbocycles. The first-order valence-corrected chi connectivity index (χ1v) is 15.2. The van der Waals surface area contributed by atoms with E-state index in [1.165, 1.54) is 30.1 Å². The van der Waals surface area contributed by atoms with E-state index in [9.17, 15) is 28.7 Å². The van der Waals surface area contributed by atoms with Crippen molar-refractivity contribution in [2.45, 2.75) is 32.0 Å². The van der Waals surface area contributed by atoms with Crippen molar-refractivity contribution in [2.24, 2.45) is 5.10 Å². The summed E-state index contributed by atoms with van der Waals surface area (Å²) < 4.78 is 20.0. The first kappa shape index (κ1) is 33.3. The zero-order valence-electron chi connectivity index (χ0n) is 26.1. The molecule has 0 spiro atoms. The number of carboxylic acids is 1. The molecule has 1 atom stereocenters. The summed E-state index contributed by atoms with van der Waals surface area (Å²) in [6, 6.07) is 26.8. The van der Waals surface area contributed by atoms with E-state index in [0.717, 1.165) is 22.9 Å². The normalized spacial score (nSPS) is 14.1. The van der Waals surface area contributed by atoms with Gasteiger partial charge >= 0.3 is 12.1 Å². The number of hydrogen-bond acceptors (Lipinski definition) is 7. The van der Waals surface area contributed by atoms with E-state index in [4.69, 9.17) is 4.74 Å². The molecule has 0 unspecified atom stereocenters. The molecule has 48 heavy (non-hydrogen) atoms. The number of aliphatic carboxylic acids is 1. The Morgan fingerprint density at radius 3 is 2.42 bits per heavy atom. The highest BCUT2D eigenvalue weighted by atomic mass is 19.1. The third-order valence-corrected chi connectivity index (χ3v) is 7.80. The minimum atomic E-state index is -1.13. The van der Waals surface area contributed by atoms with Crippen LogP contribution in [-0.4, -0.2) is 59.7 Å². The molecule has 1 heterocycles. The number of fused-ring (bicyclic) bond motifs is 1. The minimum Gasteiger partial charge on any atom is -0.481 e. The van der Waals surface area contributed by atoms with Crippen LogP contribution in [0, 0.1) is 5.82 Å². The summed E-state index contributed by atoms with van der Waals surface area (Å²) >= 11 is 0. The van der Waals surface area contributed by atoms with E-state index in [1.54, 1.807) is 35.2 Å². The summed E-state index contributed by atoms with van der Waals surface area (Å²) in [6.07, 6.45) is 0.492. The number of hydrogen-bond donors (Lipinski definition) is 3. The van der Waals surface area contributed by atoms with Crippen LogP contribution >= 0.6 is 0 Å². The number of amides is 3. The number of carbonyl (C=O) groups is 4. The van der Waals surface area contributed by atoms with Gasteiger partial charge in [-0.05, 0) is 53.4 Å². The van der Waals surface area contributed by atoms with Crippen molar-refractivity contribution in [1.82, 2.24) is 10.3 Å². The van der Waals surface area contributed by atoms with Gasteiger partial charge in [0.15, 0.2) is 0 Å². The Morgan fingerprint density at radius 2 is 1.73 bits per heavy atom. The molecular weight excluding hydrogens is 617 g/mol. The van der Waals surface area contributed by atoms with Crippen molar-refractivity contribution in [1.29, 1.82) is 0 Å². The molecule has 0 fully saturated rings. The lowest BCUT2D eigenvalue weighted by molar-refractivity contribution is -0.141. The Kier molecular flexibility index (Phi) is 10.8. The van der Waals surface area contributed by atoms with Crippen LogP contribution in [-0.2, 0) is 33.9 Å². The topological polar surface area (TPSA) is 141 Å². The van der Waals surface area contributed by atoms with E-state index in [-0.39, 0.29) is 35.9 Å². The van der Waals surface area contributed by atoms with Gasteiger partial charge in [-0.1, -0.05) is 66.7 Å². The zero-order valence-corrected chi connectivity index (χ0v) is 26.1. The Labute approximate surface area is 276 Å². The molecule has 1 aliphatic heterocycles. The van der Waals surface area contributed by atoms with E-state index in [0.29, 0.717) is 18.7 Å². The molecule has 3 amide bonds. The lowest BCUT2D eigenvalue weighted by Crippen LogP contribution is -2.42. The van der Waals surface area contributed by atoms with E-state index in [2.05, 4.69) is 15.8 Å². The fourth-order valence-electron chi connectivity index (χ4n) is 5.20. The third kappa shape index (κ3) is 8.60. The smallest absolute Gasteiger partial charge is 0.428 e. The number of benzene rings is 4. The van der Waals surface area contributed by atoms with Crippen LogP contribution in [0.25, 0.3) is 0 Å². The molecule has 3 N–H and O–H groups in total. The van der Waals surface area contributed by atoms with Crippen LogP contribution < -0.4 is 15.6 Å². The standard InChI is InChI=1S/C36H34FN5O6/c1-41(29-15-14-27(30(37)19-29)21-38-40-36(47)48-23-25-10-6-3-7-11-25)34(45)26-12-13-28-22-42(17-16-24-8-4-2-5-9-24)35(46)32(20-33(43)44)39-31(28)18-26/h2-15,18-19,21,32,39H,16-17,20,22-23H2,1H3,(H,40,47)(H,43,44)/t32-/m1/s1. The number of carboxylic acid groups (broad SMARTS) is 1. The Balaban J connectivity index is 1.25. The number of halogens is 1. The summed E-state index contributed by atoms with van der Waals surface area (Å²) in [6.45, 7) is 0.687. The van der Waals surface area contributed by atoms with Crippen molar-refractivity contribution < 1.29 is 33.4 Å². The van der Waals surface area contributed by atoms with Gasteiger partial charge in [-0.3, -0.25) is 14.4 Å². The quantitative estimate of drug-likeness (QED) is 0.150. The molecule has 4 aromatic carbocycles. The van der Waals surface area contributed by atoms with Crippen molar-refractivity contribution in [3.05, 3.63) is 131 Å². The van der Waals surface area contributed by atoms with Crippen LogP contribution in [0.5, 0.6) is 0 Å². The van der Waals surface area contributed by atoms with Crippen LogP contribution in [0.15, 0.2) is 102 Å². The van der Waals surface area contributed by atoms with Gasteiger partial charge in [0.1, 0.15) is 18.5 Å². The maximum atomic E-state index is 15.0. The Morgan fingerprint density at radius 1 is 1.02 bits per heavy atom. The van der Waals surface area contributed by atoms with Crippen molar-refractivity contribution in [2.75, 3.05) is 23.8 Å². The molecule has 0 radical (unpaired) electrons. The van der Waals surface area contributed by atoms with E-state index in [1.807, 2.05) is 48.5 Å². The van der Waals surface area contributed by atoms with Gasteiger partial charge in [0.05, 0.1) is 12.6 Å². The average Bonchev–Trinajstić information content (AvgIpc) is 3.22. The summed E-state index contributed by atoms with van der Waals surface area (Å²) in [7, 11) is 1.50. The van der Waals surface area contributed by atoms with Gasteiger partial charge in [-0.2, -0.15) is 5.10 Å². The molecule has 12 heteroatoms. The number of ether oxygens (including phenoxy) is 1. The molecule has 4 aromatic rings. The molecule has 246 valence electrons. The maximum absolute atomic E-state index is 15.0. The second kappa shape index (κ2) is 15.5. The van der Waals surface area contributed by atoms with Gasteiger partial charge in [0.25, 0.3) is 5.91 Å². The molecule has 11 nitrogen and oxygen atoms in total. The fraction of sp³-hybridized carbons (Fsp3) is 0.194. The lowest BCUT2D eigenvalue weighted by Gasteiger charge is -2.24. The highest BCUT2D eigenvalue weighted by molar-refractivity contribution is 6.06. The summed E-state index contributed by atoms with van der Waals surface area (Å²) in [5.74, 6) is -2.60. The largest absolute Gasteiger partial charge is 0.481 e. The SMILES string of the molecule is CN(C(=O)c1ccc2c(c1)N[C@H](CC(=O)O)C(=O)N(CCc1ccccc1)C2)c1ccc(C=NNC(=O)OCc2ccccc2)c(F)c1. The monoisotopic (exact) mass is 651 g/mol. The first-order valence-electron chi connectivity index (χ1n) is 15.2. The van der Waals surface area contributed by atoms with E-state index >= 15 is 0 Å². The van der Waals surface area contributed by atoms with Crippen molar-refractivity contribution in [3.8, 4) is 0 Å². The number of hydrazone groups is 1.